The lowest BCUT2D eigenvalue weighted by Gasteiger charge is -2.07. The molecule has 5 aromatic rings. The summed E-state index contributed by atoms with van der Waals surface area (Å²) in [7, 11) is 4.22. The minimum absolute atomic E-state index is 1.23. The zero-order valence-corrected chi connectivity index (χ0v) is 16.1. The Hall–Kier alpha value is -3.52. The molecule has 3 aromatic carbocycles. The third-order valence-corrected chi connectivity index (χ3v) is 5.52. The van der Waals surface area contributed by atoms with Crippen LogP contribution in [-0.4, -0.2) is 0 Å². The smallest absolute Gasteiger partial charge is 0.200 e. The molecule has 0 radical (unpaired) electrons. The van der Waals surface area contributed by atoms with Crippen LogP contribution >= 0.6 is 0 Å². The zero-order chi connectivity index (χ0) is 19.1. The fraction of sp³-hybridized carbons (Fsp3) is 0.0769. The van der Waals surface area contributed by atoms with Gasteiger partial charge in [0.2, 0.25) is 11.4 Å². The number of nitrogens with zero attached hydrogens (tertiary/aromatic N) is 2. The van der Waals surface area contributed by atoms with E-state index in [9.17, 15) is 0 Å². The quantitative estimate of drug-likeness (QED) is 0.392. The molecule has 0 N–H and O–H groups in total. The van der Waals surface area contributed by atoms with Crippen molar-refractivity contribution in [2.24, 2.45) is 14.1 Å². The second-order valence-corrected chi connectivity index (χ2v) is 7.30. The summed E-state index contributed by atoms with van der Waals surface area (Å²) in [5.74, 6) is 0. The maximum absolute atomic E-state index is 2.24. The van der Waals surface area contributed by atoms with E-state index in [-0.39, 0.29) is 0 Å². The fourth-order valence-electron chi connectivity index (χ4n) is 4.13. The third kappa shape index (κ3) is 2.66. The lowest BCUT2D eigenvalue weighted by Crippen LogP contribution is -2.31. The predicted molar refractivity (Wildman–Crippen MR) is 115 cm³/mol. The molecule has 2 aromatic heterocycles. The first kappa shape index (κ1) is 16.6. The molecule has 2 heteroatoms. The van der Waals surface area contributed by atoms with Crippen molar-refractivity contribution < 1.29 is 9.13 Å². The zero-order valence-electron chi connectivity index (χ0n) is 16.1. The number of hydrogen-bond acceptors (Lipinski definition) is 0. The van der Waals surface area contributed by atoms with Crippen molar-refractivity contribution >= 4 is 21.5 Å². The van der Waals surface area contributed by atoms with E-state index in [2.05, 4.69) is 121 Å². The highest BCUT2D eigenvalue weighted by molar-refractivity contribution is 5.95. The lowest BCUT2D eigenvalue weighted by atomic mass is 9.99. The van der Waals surface area contributed by atoms with Gasteiger partial charge in [0.05, 0.1) is 10.8 Å². The van der Waals surface area contributed by atoms with Crippen LogP contribution in [0.5, 0.6) is 0 Å². The monoisotopic (exact) mass is 362 g/mol. The summed E-state index contributed by atoms with van der Waals surface area (Å²) in [6, 6.07) is 30.4. The van der Waals surface area contributed by atoms with Gasteiger partial charge < -0.3 is 0 Å². The topological polar surface area (TPSA) is 7.76 Å². The van der Waals surface area contributed by atoms with E-state index in [1.54, 1.807) is 0 Å². The second kappa shape index (κ2) is 6.58. The maximum Gasteiger partial charge on any atom is 0.220 e. The third-order valence-electron chi connectivity index (χ3n) is 5.52. The van der Waals surface area contributed by atoms with Crippen molar-refractivity contribution in [3.8, 4) is 22.5 Å². The summed E-state index contributed by atoms with van der Waals surface area (Å²) >= 11 is 0. The SMILES string of the molecule is C[n+]1ccc2ccccc2c1-c1ccc(-c2c3ccccc3cc[n+]2C)cc1. The van der Waals surface area contributed by atoms with Crippen molar-refractivity contribution in [3.63, 3.8) is 0 Å². The van der Waals surface area contributed by atoms with Gasteiger partial charge in [0.25, 0.3) is 0 Å². The van der Waals surface area contributed by atoms with E-state index >= 15 is 0 Å². The van der Waals surface area contributed by atoms with E-state index < -0.39 is 0 Å². The Kier molecular flexibility index (Phi) is 3.91. The minimum atomic E-state index is 1.23. The summed E-state index contributed by atoms with van der Waals surface area (Å²) in [6.45, 7) is 0. The highest BCUT2D eigenvalue weighted by Gasteiger charge is 2.17. The molecule has 0 aliphatic heterocycles. The Morgan fingerprint density at radius 1 is 0.464 bits per heavy atom. The number of hydrogen-bond donors (Lipinski definition) is 0. The summed E-state index contributed by atoms with van der Waals surface area (Å²) in [6.07, 6.45) is 4.27. The number of aryl methyl sites for hydroxylation is 2. The summed E-state index contributed by atoms with van der Waals surface area (Å²) in [5, 5.41) is 5.08. The summed E-state index contributed by atoms with van der Waals surface area (Å²) in [5.41, 5.74) is 4.94. The molecule has 0 bridgehead atoms. The molecule has 28 heavy (non-hydrogen) atoms. The van der Waals surface area contributed by atoms with Crippen LogP contribution in [0.1, 0.15) is 0 Å². The maximum atomic E-state index is 2.24. The largest absolute Gasteiger partial charge is 0.220 e. The fourth-order valence-corrected chi connectivity index (χ4v) is 4.13. The van der Waals surface area contributed by atoms with E-state index in [0.717, 1.165) is 0 Å². The average molecular weight is 362 g/mol. The van der Waals surface area contributed by atoms with Crippen LogP contribution in [0.15, 0.2) is 97.3 Å². The molecule has 0 saturated carbocycles. The molecule has 0 aliphatic rings. The van der Waals surface area contributed by atoms with Crippen LogP contribution in [0.4, 0.5) is 0 Å². The molecular weight excluding hydrogens is 340 g/mol. The molecule has 5 rings (SSSR count). The van der Waals surface area contributed by atoms with Crippen molar-refractivity contribution in [2.45, 2.75) is 0 Å². The van der Waals surface area contributed by atoms with Gasteiger partial charge in [-0.05, 0) is 47.2 Å². The van der Waals surface area contributed by atoms with Gasteiger partial charge in [-0.15, -0.1) is 0 Å². The minimum Gasteiger partial charge on any atom is -0.200 e. The van der Waals surface area contributed by atoms with Gasteiger partial charge in [0.1, 0.15) is 14.1 Å². The molecule has 0 fully saturated rings. The molecule has 2 nitrogen and oxygen atoms in total. The first-order chi connectivity index (χ1) is 13.7. The summed E-state index contributed by atoms with van der Waals surface area (Å²) in [4.78, 5) is 0. The normalized spacial score (nSPS) is 11.2. The van der Waals surface area contributed by atoms with Gasteiger partial charge in [0, 0.05) is 23.3 Å². The molecule has 0 spiro atoms. The number of rotatable bonds is 2. The van der Waals surface area contributed by atoms with Crippen LogP contribution in [0.2, 0.25) is 0 Å². The van der Waals surface area contributed by atoms with Gasteiger partial charge in [-0.25, -0.2) is 9.13 Å². The van der Waals surface area contributed by atoms with Crippen LogP contribution in [-0.2, 0) is 14.1 Å². The van der Waals surface area contributed by atoms with Gasteiger partial charge in [-0.2, -0.15) is 0 Å². The molecule has 0 atom stereocenters. The van der Waals surface area contributed by atoms with E-state index in [1.807, 2.05) is 0 Å². The Labute approximate surface area is 164 Å². The van der Waals surface area contributed by atoms with Crippen LogP contribution < -0.4 is 9.13 Å². The van der Waals surface area contributed by atoms with E-state index in [0.29, 0.717) is 0 Å². The van der Waals surface area contributed by atoms with Crippen LogP contribution in [0, 0.1) is 0 Å². The van der Waals surface area contributed by atoms with Gasteiger partial charge in [-0.1, -0.05) is 36.4 Å². The average Bonchev–Trinajstić information content (AvgIpc) is 2.74. The summed E-state index contributed by atoms with van der Waals surface area (Å²) < 4.78 is 4.41. The molecule has 0 amide bonds. The molecule has 0 saturated heterocycles. The Balaban J connectivity index is 1.68. The number of fused-ring (bicyclic) bond motifs is 2. The van der Waals surface area contributed by atoms with Crippen molar-refractivity contribution in [1.82, 2.24) is 0 Å². The van der Waals surface area contributed by atoms with Crippen molar-refractivity contribution in [1.29, 1.82) is 0 Å². The number of aromatic nitrogens is 2. The number of pyridine rings is 2. The Morgan fingerprint density at radius 3 is 1.29 bits per heavy atom. The highest BCUT2D eigenvalue weighted by Crippen LogP contribution is 2.29. The Bertz CT molecular complexity index is 1210. The van der Waals surface area contributed by atoms with E-state index in [1.165, 1.54) is 44.1 Å². The molecule has 0 unspecified atom stereocenters. The second-order valence-electron chi connectivity index (χ2n) is 7.30. The van der Waals surface area contributed by atoms with Crippen LogP contribution in [0.25, 0.3) is 44.1 Å². The molecule has 2 heterocycles. The molecule has 0 aliphatic carbocycles. The predicted octanol–water partition coefficient (Wildman–Crippen LogP) is 4.98. The molecular formula is C26H22N2+2. The first-order valence-corrected chi connectivity index (χ1v) is 9.58. The van der Waals surface area contributed by atoms with Crippen LogP contribution in [0.3, 0.4) is 0 Å². The first-order valence-electron chi connectivity index (χ1n) is 9.58. The number of benzene rings is 3. The standard InChI is InChI=1S/C26H22N2/c1-27-17-15-19-7-3-5-9-23(19)25(27)21-11-13-22(14-12-21)26-24-10-6-4-8-20(24)16-18-28(26)2/h3-18H,1-2H3/q+2. The van der Waals surface area contributed by atoms with Gasteiger partial charge in [-0.3, -0.25) is 0 Å². The Morgan fingerprint density at radius 2 is 0.857 bits per heavy atom. The van der Waals surface area contributed by atoms with Crippen molar-refractivity contribution in [2.75, 3.05) is 0 Å². The van der Waals surface area contributed by atoms with E-state index in [4.69, 9.17) is 0 Å². The molecule has 134 valence electrons. The highest BCUT2D eigenvalue weighted by atomic mass is 14.9. The van der Waals surface area contributed by atoms with Gasteiger partial charge >= 0.3 is 0 Å². The van der Waals surface area contributed by atoms with Crippen molar-refractivity contribution in [3.05, 3.63) is 97.3 Å². The van der Waals surface area contributed by atoms with Gasteiger partial charge in [0.15, 0.2) is 12.4 Å². The lowest BCUT2D eigenvalue weighted by molar-refractivity contribution is -0.659.